The first kappa shape index (κ1) is 14.7. The van der Waals surface area contributed by atoms with E-state index in [0.29, 0.717) is 12.0 Å². The lowest BCUT2D eigenvalue weighted by atomic mass is 9.93. The maximum absolute atomic E-state index is 6.07. The molecule has 1 saturated heterocycles. The van der Waals surface area contributed by atoms with Crippen molar-refractivity contribution in [2.45, 2.75) is 32.7 Å². The second-order valence-electron chi connectivity index (χ2n) is 6.89. The molecule has 2 heterocycles. The van der Waals surface area contributed by atoms with Gasteiger partial charge in [-0.1, -0.05) is 19.9 Å². The van der Waals surface area contributed by atoms with Crippen LogP contribution in [0, 0.1) is 5.41 Å². The van der Waals surface area contributed by atoms with E-state index < -0.39 is 0 Å². The molecule has 4 heteroatoms. The quantitative estimate of drug-likeness (QED) is 0.929. The van der Waals surface area contributed by atoms with E-state index in [0.717, 1.165) is 44.2 Å². The van der Waals surface area contributed by atoms with Crippen LogP contribution < -0.4 is 15.2 Å². The lowest BCUT2D eigenvalue weighted by Crippen LogP contribution is -2.33. The van der Waals surface area contributed by atoms with Crippen LogP contribution in [0.15, 0.2) is 18.2 Å². The Morgan fingerprint density at radius 1 is 1.24 bits per heavy atom. The van der Waals surface area contributed by atoms with Crippen molar-refractivity contribution in [3.63, 3.8) is 0 Å². The smallest absolute Gasteiger partial charge is 0.161 e. The number of hydrogen-bond donors (Lipinski definition) is 1. The van der Waals surface area contributed by atoms with Crippen molar-refractivity contribution in [1.29, 1.82) is 0 Å². The summed E-state index contributed by atoms with van der Waals surface area (Å²) in [5.41, 5.74) is 7.69. The first-order valence-electron chi connectivity index (χ1n) is 7.93. The molecule has 4 nitrogen and oxygen atoms in total. The zero-order valence-electron chi connectivity index (χ0n) is 13.1. The fourth-order valence-corrected chi connectivity index (χ4v) is 3.30. The summed E-state index contributed by atoms with van der Waals surface area (Å²) in [6.07, 6.45) is 2.17. The molecule has 116 valence electrons. The number of benzene rings is 1. The van der Waals surface area contributed by atoms with Gasteiger partial charge in [-0.2, -0.15) is 0 Å². The van der Waals surface area contributed by atoms with Gasteiger partial charge in [0.05, 0.1) is 13.2 Å². The summed E-state index contributed by atoms with van der Waals surface area (Å²) >= 11 is 0. The van der Waals surface area contributed by atoms with Gasteiger partial charge in [-0.15, -0.1) is 0 Å². The van der Waals surface area contributed by atoms with Crippen molar-refractivity contribution in [2.75, 3.05) is 32.8 Å². The normalized spacial score (nSPS) is 22.8. The molecular weight excluding hydrogens is 264 g/mol. The molecule has 21 heavy (non-hydrogen) atoms. The molecule has 1 aromatic carbocycles. The summed E-state index contributed by atoms with van der Waals surface area (Å²) in [6.45, 7) is 8.96. The number of nitrogens with zero attached hydrogens (tertiary/aromatic N) is 1. The fourth-order valence-electron chi connectivity index (χ4n) is 3.30. The average Bonchev–Trinajstić information content (AvgIpc) is 2.68. The van der Waals surface area contributed by atoms with Crippen LogP contribution in [-0.2, 0) is 0 Å². The van der Waals surface area contributed by atoms with Crippen molar-refractivity contribution in [3.8, 4) is 11.5 Å². The molecule has 2 aliphatic rings. The Morgan fingerprint density at radius 2 is 2.00 bits per heavy atom. The van der Waals surface area contributed by atoms with Gasteiger partial charge in [0.1, 0.15) is 0 Å². The van der Waals surface area contributed by atoms with Gasteiger partial charge in [-0.3, -0.25) is 4.90 Å². The van der Waals surface area contributed by atoms with E-state index in [1.165, 1.54) is 12.0 Å². The highest BCUT2D eigenvalue weighted by Crippen LogP contribution is 2.37. The molecule has 2 N–H and O–H groups in total. The molecule has 1 fully saturated rings. The highest BCUT2D eigenvalue weighted by atomic mass is 16.5. The van der Waals surface area contributed by atoms with E-state index in [4.69, 9.17) is 15.2 Å². The van der Waals surface area contributed by atoms with Crippen molar-refractivity contribution < 1.29 is 9.47 Å². The lowest BCUT2D eigenvalue weighted by molar-refractivity contribution is 0.222. The Bertz CT molecular complexity index is 502. The number of ether oxygens (including phenoxy) is 2. The van der Waals surface area contributed by atoms with Gasteiger partial charge in [0, 0.05) is 25.6 Å². The van der Waals surface area contributed by atoms with Gasteiger partial charge in [0.25, 0.3) is 0 Å². The molecule has 1 aromatic rings. The Kier molecular flexibility index (Phi) is 4.09. The van der Waals surface area contributed by atoms with Crippen LogP contribution >= 0.6 is 0 Å². The van der Waals surface area contributed by atoms with Crippen molar-refractivity contribution in [1.82, 2.24) is 4.90 Å². The molecule has 0 radical (unpaired) electrons. The third-order valence-corrected chi connectivity index (χ3v) is 4.53. The second-order valence-corrected chi connectivity index (χ2v) is 6.89. The van der Waals surface area contributed by atoms with E-state index in [9.17, 15) is 0 Å². The molecule has 0 aliphatic carbocycles. The van der Waals surface area contributed by atoms with Crippen LogP contribution in [-0.4, -0.2) is 37.7 Å². The highest BCUT2D eigenvalue weighted by Gasteiger charge is 2.33. The van der Waals surface area contributed by atoms with Gasteiger partial charge < -0.3 is 15.2 Å². The molecule has 0 saturated carbocycles. The van der Waals surface area contributed by atoms with Crippen molar-refractivity contribution in [2.24, 2.45) is 11.1 Å². The molecular formula is C17H26N2O2. The third kappa shape index (κ3) is 3.16. The Hall–Kier alpha value is -1.26. The van der Waals surface area contributed by atoms with E-state index in [1.54, 1.807) is 0 Å². The van der Waals surface area contributed by atoms with E-state index >= 15 is 0 Å². The minimum atomic E-state index is 0.268. The molecule has 1 unspecified atom stereocenters. The number of fused-ring (bicyclic) bond motifs is 1. The van der Waals surface area contributed by atoms with Crippen LogP contribution in [0.1, 0.15) is 38.3 Å². The number of likely N-dealkylation sites (tertiary alicyclic amines) is 1. The fraction of sp³-hybridized carbons (Fsp3) is 0.647. The SMILES string of the molecule is CC1(C)CCN(C(CN)c2ccc3c(c2)OCCCO3)C1. The zero-order chi connectivity index (χ0) is 14.9. The molecule has 0 bridgehead atoms. The molecule has 3 rings (SSSR count). The van der Waals surface area contributed by atoms with Gasteiger partial charge in [0.2, 0.25) is 0 Å². The van der Waals surface area contributed by atoms with E-state index in [-0.39, 0.29) is 6.04 Å². The van der Waals surface area contributed by atoms with Gasteiger partial charge >= 0.3 is 0 Å². The first-order valence-corrected chi connectivity index (χ1v) is 7.93. The van der Waals surface area contributed by atoms with Crippen LogP contribution in [0.4, 0.5) is 0 Å². The largest absolute Gasteiger partial charge is 0.490 e. The minimum Gasteiger partial charge on any atom is -0.490 e. The minimum absolute atomic E-state index is 0.268. The van der Waals surface area contributed by atoms with Crippen LogP contribution in [0.25, 0.3) is 0 Å². The second kappa shape index (κ2) is 5.85. The molecule has 2 aliphatic heterocycles. The molecule has 1 atom stereocenters. The number of nitrogens with two attached hydrogens (primary N) is 1. The summed E-state index contributed by atoms with van der Waals surface area (Å²) < 4.78 is 11.5. The average molecular weight is 290 g/mol. The van der Waals surface area contributed by atoms with Gasteiger partial charge in [-0.05, 0) is 36.1 Å². The zero-order valence-corrected chi connectivity index (χ0v) is 13.1. The summed E-state index contributed by atoms with van der Waals surface area (Å²) in [6, 6.07) is 6.55. The Balaban J connectivity index is 1.83. The monoisotopic (exact) mass is 290 g/mol. The number of rotatable bonds is 3. The van der Waals surface area contributed by atoms with Crippen molar-refractivity contribution in [3.05, 3.63) is 23.8 Å². The van der Waals surface area contributed by atoms with Crippen LogP contribution in [0.5, 0.6) is 11.5 Å². The predicted octanol–water partition coefficient (Wildman–Crippen LogP) is 2.58. The van der Waals surface area contributed by atoms with E-state index in [1.807, 2.05) is 6.07 Å². The van der Waals surface area contributed by atoms with Crippen LogP contribution in [0.3, 0.4) is 0 Å². The predicted molar refractivity (Wildman–Crippen MR) is 83.8 cm³/mol. The van der Waals surface area contributed by atoms with E-state index in [2.05, 4.69) is 30.9 Å². The maximum Gasteiger partial charge on any atom is 0.161 e. The van der Waals surface area contributed by atoms with Crippen LogP contribution in [0.2, 0.25) is 0 Å². The molecule has 0 spiro atoms. The summed E-state index contributed by atoms with van der Waals surface area (Å²) in [5.74, 6) is 1.72. The standard InChI is InChI=1S/C17H26N2O2/c1-17(2)6-7-19(12-17)14(11-18)13-4-5-15-16(10-13)21-9-3-8-20-15/h4-5,10,14H,3,6-9,11-12,18H2,1-2H3. The van der Waals surface area contributed by atoms with Crippen molar-refractivity contribution >= 4 is 0 Å². The summed E-state index contributed by atoms with van der Waals surface area (Å²) in [4.78, 5) is 2.50. The van der Waals surface area contributed by atoms with Gasteiger partial charge in [0.15, 0.2) is 11.5 Å². The first-order chi connectivity index (χ1) is 10.1. The highest BCUT2D eigenvalue weighted by molar-refractivity contribution is 5.44. The Labute approximate surface area is 127 Å². The maximum atomic E-state index is 6.07. The molecule has 0 amide bonds. The number of hydrogen-bond acceptors (Lipinski definition) is 4. The summed E-state index contributed by atoms with van der Waals surface area (Å²) in [7, 11) is 0. The molecule has 0 aromatic heterocycles. The topological polar surface area (TPSA) is 47.7 Å². The third-order valence-electron chi connectivity index (χ3n) is 4.53. The lowest BCUT2D eigenvalue weighted by Gasteiger charge is -2.29. The summed E-state index contributed by atoms with van der Waals surface area (Å²) in [5, 5.41) is 0. The van der Waals surface area contributed by atoms with Gasteiger partial charge in [-0.25, -0.2) is 0 Å². The Morgan fingerprint density at radius 3 is 2.67 bits per heavy atom.